The molecule has 0 saturated heterocycles. The van der Waals surface area contributed by atoms with Crippen LogP contribution < -0.4 is 0 Å². The van der Waals surface area contributed by atoms with Gasteiger partial charge in [-0.2, -0.15) is 0 Å². The summed E-state index contributed by atoms with van der Waals surface area (Å²) < 4.78 is 4.92. The van der Waals surface area contributed by atoms with Gasteiger partial charge in [0.05, 0.1) is 11.5 Å². The highest BCUT2D eigenvalue weighted by molar-refractivity contribution is 5.93. The highest BCUT2D eigenvalue weighted by atomic mass is 16.6. The molecule has 1 aromatic rings. The Bertz CT molecular complexity index is 389. The van der Waals surface area contributed by atoms with E-state index in [-0.39, 0.29) is 11.3 Å². The van der Waals surface area contributed by atoms with E-state index in [1.165, 1.54) is 18.2 Å². The van der Waals surface area contributed by atoms with Crippen LogP contribution in [0.2, 0.25) is 0 Å². The van der Waals surface area contributed by atoms with Crippen LogP contribution in [0.1, 0.15) is 30.1 Å². The zero-order valence-corrected chi connectivity index (χ0v) is 9.01. The maximum absolute atomic E-state index is 11.5. The van der Waals surface area contributed by atoms with E-state index in [2.05, 4.69) is 0 Å². The standard InChI is InChI=1S/C11H13NO4/c1-2-3-8-16-11(13)9-6-4-5-7-10(9)12(14)15/h4-7H,2-3,8H2,1H3. The highest BCUT2D eigenvalue weighted by Gasteiger charge is 2.19. The zero-order valence-electron chi connectivity index (χ0n) is 9.01. The third kappa shape index (κ3) is 3.05. The van der Waals surface area contributed by atoms with E-state index in [0.717, 1.165) is 12.8 Å². The molecule has 0 aliphatic carbocycles. The zero-order chi connectivity index (χ0) is 12.0. The molecule has 0 radical (unpaired) electrons. The average molecular weight is 223 g/mol. The van der Waals surface area contributed by atoms with Crippen molar-refractivity contribution in [1.29, 1.82) is 0 Å². The largest absolute Gasteiger partial charge is 0.462 e. The average Bonchev–Trinajstić information content (AvgIpc) is 2.29. The number of nitro benzene ring substituents is 1. The van der Waals surface area contributed by atoms with Crippen molar-refractivity contribution in [3.8, 4) is 0 Å². The van der Waals surface area contributed by atoms with Gasteiger partial charge in [-0.1, -0.05) is 25.5 Å². The van der Waals surface area contributed by atoms with Crippen molar-refractivity contribution in [2.75, 3.05) is 6.61 Å². The number of benzene rings is 1. The number of rotatable bonds is 5. The minimum atomic E-state index is -0.638. The number of carbonyl (C=O) groups excluding carboxylic acids is 1. The molecule has 0 bridgehead atoms. The summed E-state index contributed by atoms with van der Waals surface area (Å²) in [4.78, 5) is 21.6. The Balaban J connectivity index is 2.78. The van der Waals surface area contributed by atoms with Crippen LogP contribution in [0.3, 0.4) is 0 Å². The Kier molecular flexibility index (Phi) is 4.44. The molecule has 1 aromatic carbocycles. The molecule has 0 atom stereocenters. The first-order valence-corrected chi connectivity index (χ1v) is 5.07. The molecule has 0 aliphatic rings. The number of nitro groups is 1. The summed E-state index contributed by atoms with van der Waals surface area (Å²) in [6.45, 7) is 2.26. The second-order valence-electron chi connectivity index (χ2n) is 3.26. The van der Waals surface area contributed by atoms with Gasteiger partial charge in [0.2, 0.25) is 0 Å². The van der Waals surface area contributed by atoms with Gasteiger partial charge in [0.1, 0.15) is 5.56 Å². The Labute approximate surface area is 93.2 Å². The number of nitrogens with zero attached hydrogens (tertiary/aromatic N) is 1. The van der Waals surface area contributed by atoms with Gasteiger partial charge in [0.25, 0.3) is 5.69 Å². The second kappa shape index (κ2) is 5.85. The normalized spacial score (nSPS) is 9.81. The molecule has 0 saturated carbocycles. The van der Waals surface area contributed by atoms with E-state index >= 15 is 0 Å². The van der Waals surface area contributed by atoms with Crippen molar-refractivity contribution >= 4 is 11.7 Å². The maximum Gasteiger partial charge on any atom is 0.345 e. The molecule has 0 spiro atoms. The molecule has 5 nitrogen and oxygen atoms in total. The molecular weight excluding hydrogens is 210 g/mol. The molecule has 0 fully saturated rings. The van der Waals surface area contributed by atoms with Crippen molar-refractivity contribution in [3.05, 3.63) is 39.9 Å². The van der Waals surface area contributed by atoms with Crippen LogP contribution in [0.25, 0.3) is 0 Å². The number of unbranched alkanes of at least 4 members (excludes halogenated alkanes) is 1. The molecule has 1 rings (SSSR count). The summed E-state index contributed by atoms with van der Waals surface area (Å²) in [7, 11) is 0. The van der Waals surface area contributed by atoms with E-state index in [9.17, 15) is 14.9 Å². The first-order valence-electron chi connectivity index (χ1n) is 5.07. The number of hydrogen-bond acceptors (Lipinski definition) is 4. The Morgan fingerprint density at radius 1 is 1.44 bits per heavy atom. The number of hydrogen-bond donors (Lipinski definition) is 0. The van der Waals surface area contributed by atoms with Crippen LogP contribution in [0.5, 0.6) is 0 Å². The van der Waals surface area contributed by atoms with Gasteiger partial charge in [-0.25, -0.2) is 4.79 Å². The number of ether oxygens (including phenoxy) is 1. The summed E-state index contributed by atoms with van der Waals surface area (Å²) in [5, 5.41) is 10.7. The molecular formula is C11H13NO4. The minimum Gasteiger partial charge on any atom is -0.462 e. The summed E-state index contributed by atoms with van der Waals surface area (Å²) in [6.07, 6.45) is 1.66. The lowest BCUT2D eigenvalue weighted by Gasteiger charge is -2.03. The SMILES string of the molecule is CCCCOC(=O)c1ccccc1[N+](=O)[O-]. The van der Waals surface area contributed by atoms with Crippen LogP contribution in [0.15, 0.2) is 24.3 Å². The van der Waals surface area contributed by atoms with Crippen LogP contribution in [-0.2, 0) is 4.74 Å². The fourth-order valence-electron chi connectivity index (χ4n) is 1.19. The second-order valence-corrected chi connectivity index (χ2v) is 3.26. The molecule has 0 amide bonds. The van der Waals surface area contributed by atoms with Gasteiger partial charge in [0, 0.05) is 6.07 Å². The van der Waals surface area contributed by atoms with E-state index in [1.807, 2.05) is 6.92 Å². The van der Waals surface area contributed by atoms with Crippen molar-refractivity contribution < 1.29 is 14.5 Å². The molecule has 5 heteroatoms. The van der Waals surface area contributed by atoms with Gasteiger partial charge in [0.15, 0.2) is 0 Å². The van der Waals surface area contributed by atoms with Gasteiger partial charge in [-0.05, 0) is 12.5 Å². The quantitative estimate of drug-likeness (QED) is 0.333. The molecule has 16 heavy (non-hydrogen) atoms. The van der Waals surface area contributed by atoms with Gasteiger partial charge in [-0.3, -0.25) is 10.1 Å². The lowest BCUT2D eigenvalue weighted by molar-refractivity contribution is -0.385. The van der Waals surface area contributed by atoms with E-state index in [4.69, 9.17) is 4.74 Å². The summed E-state index contributed by atoms with van der Waals surface area (Å²) in [5.74, 6) is -0.638. The molecule has 86 valence electrons. The van der Waals surface area contributed by atoms with Crippen LogP contribution >= 0.6 is 0 Å². The van der Waals surface area contributed by atoms with Gasteiger partial charge >= 0.3 is 5.97 Å². The predicted molar refractivity (Wildman–Crippen MR) is 58.3 cm³/mol. The molecule has 0 N–H and O–H groups in total. The minimum absolute atomic E-state index is 0.00334. The number of esters is 1. The van der Waals surface area contributed by atoms with Gasteiger partial charge < -0.3 is 4.74 Å². The lowest BCUT2D eigenvalue weighted by Crippen LogP contribution is -2.08. The first kappa shape index (κ1) is 12.2. The van der Waals surface area contributed by atoms with Crippen molar-refractivity contribution in [3.63, 3.8) is 0 Å². The smallest absolute Gasteiger partial charge is 0.345 e. The Hall–Kier alpha value is -1.91. The Morgan fingerprint density at radius 3 is 2.75 bits per heavy atom. The molecule has 0 aromatic heterocycles. The van der Waals surface area contributed by atoms with Crippen LogP contribution in [0, 0.1) is 10.1 Å². The topological polar surface area (TPSA) is 69.4 Å². The molecule has 0 heterocycles. The third-order valence-electron chi connectivity index (χ3n) is 2.05. The van der Waals surface area contributed by atoms with E-state index in [1.54, 1.807) is 6.07 Å². The van der Waals surface area contributed by atoms with Crippen LogP contribution in [-0.4, -0.2) is 17.5 Å². The van der Waals surface area contributed by atoms with Crippen molar-refractivity contribution in [2.45, 2.75) is 19.8 Å². The van der Waals surface area contributed by atoms with Gasteiger partial charge in [-0.15, -0.1) is 0 Å². The lowest BCUT2D eigenvalue weighted by atomic mass is 10.2. The molecule has 0 aliphatic heterocycles. The number of para-hydroxylation sites is 1. The van der Waals surface area contributed by atoms with Crippen molar-refractivity contribution in [2.24, 2.45) is 0 Å². The van der Waals surface area contributed by atoms with E-state index < -0.39 is 10.9 Å². The van der Waals surface area contributed by atoms with Crippen LogP contribution in [0.4, 0.5) is 5.69 Å². The number of carbonyl (C=O) groups is 1. The summed E-state index contributed by atoms with van der Waals surface area (Å²) >= 11 is 0. The fourth-order valence-corrected chi connectivity index (χ4v) is 1.19. The third-order valence-corrected chi connectivity index (χ3v) is 2.05. The van der Waals surface area contributed by atoms with E-state index in [0.29, 0.717) is 6.61 Å². The monoisotopic (exact) mass is 223 g/mol. The first-order chi connectivity index (χ1) is 7.66. The maximum atomic E-state index is 11.5. The summed E-state index contributed by atoms with van der Waals surface area (Å²) in [5.41, 5.74) is -0.215. The summed E-state index contributed by atoms with van der Waals surface area (Å²) in [6, 6.07) is 5.77. The van der Waals surface area contributed by atoms with Crippen molar-refractivity contribution in [1.82, 2.24) is 0 Å². The molecule has 0 unspecified atom stereocenters. The fraction of sp³-hybridized carbons (Fsp3) is 0.364. The predicted octanol–water partition coefficient (Wildman–Crippen LogP) is 2.55. The Morgan fingerprint density at radius 2 is 2.12 bits per heavy atom. The highest BCUT2D eigenvalue weighted by Crippen LogP contribution is 2.18.